The molecule has 0 spiro atoms. The third-order valence-electron chi connectivity index (χ3n) is 4.97. The summed E-state index contributed by atoms with van der Waals surface area (Å²) in [7, 11) is 0. The van der Waals surface area contributed by atoms with Gasteiger partial charge in [0.1, 0.15) is 35.7 Å². The lowest BCUT2D eigenvalue weighted by atomic mass is 9.92. The average Bonchev–Trinajstić information content (AvgIpc) is 3.11. The Morgan fingerprint density at radius 3 is 2.50 bits per heavy atom. The molecule has 0 bridgehead atoms. The van der Waals surface area contributed by atoms with Gasteiger partial charge in [0.15, 0.2) is 0 Å². The van der Waals surface area contributed by atoms with Crippen LogP contribution < -0.4 is 5.32 Å². The normalized spacial score (nSPS) is 20.9. The molecule has 1 aromatic rings. The van der Waals surface area contributed by atoms with Crippen LogP contribution in [0.4, 0.5) is 5.69 Å². The number of thioether (sulfide) groups is 1. The quantitative estimate of drug-likeness (QED) is 0.262. The van der Waals surface area contributed by atoms with Gasteiger partial charge in [-0.05, 0) is 31.5 Å². The summed E-state index contributed by atoms with van der Waals surface area (Å²) in [6, 6.07) is 4.73. The fourth-order valence-corrected chi connectivity index (χ4v) is 4.64. The second kappa shape index (κ2) is 9.39. The third kappa shape index (κ3) is 4.74. The Labute approximate surface area is 187 Å². The van der Waals surface area contributed by atoms with Crippen LogP contribution in [0.2, 0.25) is 0 Å². The van der Waals surface area contributed by atoms with Crippen LogP contribution in [0.15, 0.2) is 35.4 Å². The highest BCUT2D eigenvalue weighted by Gasteiger charge is 2.56. The number of nitro benzene ring substituents is 1. The second-order valence-corrected chi connectivity index (χ2v) is 8.32. The molecule has 3 rings (SSSR count). The molecule has 1 saturated heterocycles. The molecule has 32 heavy (non-hydrogen) atoms. The van der Waals surface area contributed by atoms with Gasteiger partial charge in [-0.1, -0.05) is 0 Å². The molecule has 2 amide bonds. The zero-order valence-corrected chi connectivity index (χ0v) is 18.3. The summed E-state index contributed by atoms with van der Waals surface area (Å²) in [4.78, 5) is 59.7. The Hall–Kier alpha value is -3.41. The van der Waals surface area contributed by atoms with E-state index in [1.165, 1.54) is 60.2 Å². The molecule has 1 N–H and O–H groups in total. The van der Waals surface area contributed by atoms with Crippen LogP contribution in [-0.4, -0.2) is 51.1 Å². The topological polar surface area (TPSA) is 145 Å². The minimum absolute atomic E-state index is 0.0728. The van der Waals surface area contributed by atoms with Gasteiger partial charge < -0.3 is 14.8 Å². The standard InChI is InChI=1S/C20H21N3O8S/c1-10(21-12(3)24)19(26)31-11(2)16-17(25)22-15(9-32-18(16)22)20(27)30-8-13-4-6-14(7-5-13)23(28)29/h4-7,9-11,16,18H,8H2,1-3H3,(H,21,24)/t10-,11+,16-,18-/m0/s1. The number of nitro groups is 1. The maximum Gasteiger partial charge on any atom is 0.355 e. The number of hydrogen-bond acceptors (Lipinski definition) is 9. The zero-order chi connectivity index (χ0) is 23.6. The molecule has 0 saturated carbocycles. The summed E-state index contributed by atoms with van der Waals surface area (Å²) in [6.07, 6.45) is -0.746. The molecule has 0 radical (unpaired) electrons. The number of amides is 2. The van der Waals surface area contributed by atoms with Gasteiger partial charge in [0.25, 0.3) is 5.69 Å². The molecule has 2 aliphatic heterocycles. The van der Waals surface area contributed by atoms with E-state index in [1.54, 1.807) is 6.92 Å². The predicted octanol–water partition coefficient (Wildman–Crippen LogP) is 1.47. The molecule has 2 aliphatic rings. The van der Waals surface area contributed by atoms with E-state index in [1.807, 2.05) is 0 Å². The monoisotopic (exact) mass is 463 g/mol. The first kappa shape index (κ1) is 23.3. The van der Waals surface area contributed by atoms with E-state index in [2.05, 4.69) is 5.32 Å². The molecule has 0 aliphatic carbocycles. The number of rotatable bonds is 8. The molecular weight excluding hydrogens is 442 g/mol. The van der Waals surface area contributed by atoms with E-state index < -0.39 is 40.3 Å². The Morgan fingerprint density at radius 2 is 1.91 bits per heavy atom. The number of β-lactam (4-membered cyclic amide) rings is 1. The van der Waals surface area contributed by atoms with Crippen LogP contribution in [0.1, 0.15) is 26.3 Å². The maximum atomic E-state index is 12.6. The van der Waals surface area contributed by atoms with E-state index in [0.29, 0.717) is 5.56 Å². The number of esters is 2. The molecule has 0 aromatic heterocycles. The van der Waals surface area contributed by atoms with Gasteiger partial charge in [-0.3, -0.25) is 24.6 Å². The minimum atomic E-state index is -0.847. The summed E-state index contributed by atoms with van der Waals surface area (Å²) >= 11 is 1.25. The SMILES string of the molecule is CC(=O)N[C@@H](C)C(=O)O[C@H](C)[C@H]1C(=O)N2C(C(=O)OCc3ccc([N+](=O)[O-])cc3)=CS[C@@H]12. The van der Waals surface area contributed by atoms with Crippen molar-refractivity contribution >= 4 is 41.2 Å². The number of nitrogens with one attached hydrogen (secondary N) is 1. The highest BCUT2D eigenvalue weighted by Crippen LogP contribution is 2.47. The third-order valence-corrected chi connectivity index (χ3v) is 6.11. The van der Waals surface area contributed by atoms with Gasteiger partial charge in [-0.2, -0.15) is 0 Å². The van der Waals surface area contributed by atoms with Crippen molar-refractivity contribution < 1.29 is 33.6 Å². The van der Waals surface area contributed by atoms with Gasteiger partial charge in [-0.15, -0.1) is 11.8 Å². The summed E-state index contributed by atoms with van der Waals surface area (Å²) in [5.74, 6) is -2.73. The molecule has 1 aromatic carbocycles. The largest absolute Gasteiger partial charge is 0.460 e. The Bertz CT molecular complexity index is 993. The molecule has 12 heteroatoms. The second-order valence-electron chi connectivity index (χ2n) is 7.33. The Kier molecular flexibility index (Phi) is 6.82. The van der Waals surface area contributed by atoms with Crippen molar-refractivity contribution in [2.75, 3.05) is 0 Å². The maximum absolute atomic E-state index is 12.6. The molecule has 170 valence electrons. The first-order chi connectivity index (χ1) is 15.1. The van der Waals surface area contributed by atoms with E-state index >= 15 is 0 Å². The van der Waals surface area contributed by atoms with Crippen molar-refractivity contribution in [3.05, 3.63) is 51.0 Å². The predicted molar refractivity (Wildman–Crippen MR) is 112 cm³/mol. The first-order valence-electron chi connectivity index (χ1n) is 9.67. The van der Waals surface area contributed by atoms with Gasteiger partial charge in [-0.25, -0.2) is 9.59 Å². The van der Waals surface area contributed by atoms with Gasteiger partial charge in [0, 0.05) is 24.5 Å². The summed E-state index contributed by atoms with van der Waals surface area (Å²) in [5, 5.41) is 14.2. The van der Waals surface area contributed by atoms with Crippen molar-refractivity contribution in [2.24, 2.45) is 5.92 Å². The minimum Gasteiger partial charge on any atom is -0.460 e. The Morgan fingerprint density at radius 1 is 1.25 bits per heavy atom. The highest BCUT2D eigenvalue weighted by atomic mass is 32.2. The molecule has 2 heterocycles. The fraction of sp³-hybridized carbons (Fsp3) is 0.400. The van der Waals surface area contributed by atoms with Gasteiger partial charge >= 0.3 is 11.9 Å². The van der Waals surface area contributed by atoms with E-state index in [9.17, 15) is 29.3 Å². The van der Waals surface area contributed by atoms with Crippen LogP contribution in [0.5, 0.6) is 0 Å². The molecule has 0 unspecified atom stereocenters. The number of carbonyl (C=O) groups excluding carboxylic acids is 4. The molecule has 11 nitrogen and oxygen atoms in total. The number of hydrogen-bond donors (Lipinski definition) is 1. The number of fused-ring (bicyclic) bond motifs is 1. The number of non-ortho nitro benzene ring substituents is 1. The zero-order valence-electron chi connectivity index (χ0n) is 17.5. The number of carbonyl (C=O) groups is 4. The highest BCUT2D eigenvalue weighted by molar-refractivity contribution is 8.03. The summed E-state index contributed by atoms with van der Waals surface area (Å²) in [6.45, 7) is 4.24. The number of benzene rings is 1. The van der Waals surface area contributed by atoms with Crippen molar-refractivity contribution in [1.29, 1.82) is 0 Å². The average molecular weight is 463 g/mol. The van der Waals surface area contributed by atoms with E-state index in [4.69, 9.17) is 9.47 Å². The summed E-state index contributed by atoms with van der Waals surface area (Å²) in [5.41, 5.74) is 0.581. The van der Waals surface area contributed by atoms with Crippen LogP contribution in [0.25, 0.3) is 0 Å². The molecule has 1 fully saturated rings. The van der Waals surface area contributed by atoms with Gasteiger partial charge in [0.2, 0.25) is 11.8 Å². The fourth-order valence-electron chi connectivity index (χ4n) is 3.32. The van der Waals surface area contributed by atoms with Crippen molar-refractivity contribution in [3.63, 3.8) is 0 Å². The smallest absolute Gasteiger partial charge is 0.355 e. The Balaban J connectivity index is 1.53. The summed E-state index contributed by atoms with van der Waals surface area (Å²) < 4.78 is 10.6. The molecule has 4 atom stereocenters. The van der Waals surface area contributed by atoms with Crippen molar-refractivity contribution in [2.45, 2.75) is 44.9 Å². The van der Waals surface area contributed by atoms with Crippen LogP contribution in [0.3, 0.4) is 0 Å². The lowest BCUT2D eigenvalue weighted by Gasteiger charge is -2.44. The van der Waals surface area contributed by atoms with E-state index in [-0.39, 0.29) is 29.8 Å². The lowest BCUT2D eigenvalue weighted by molar-refractivity contribution is -0.384. The van der Waals surface area contributed by atoms with Gasteiger partial charge in [0.05, 0.1) is 4.92 Å². The van der Waals surface area contributed by atoms with Crippen molar-refractivity contribution in [1.82, 2.24) is 10.2 Å². The lowest BCUT2D eigenvalue weighted by Crippen LogP contribution is -2.61. The van der Waals surface area contributed by atoms with Crippen LogP contribution in [0, 0.1) is 16.0 Å². The van der Waals surface area contributed by atoms with Crippen LogP contribution in [-0.2, 0) is 35.3 Å². The first-order valence-corrected chi connectivity index (χ1v) is 10.6. The number of ether oxygens (including phenoxy) is 2. The number of nitrogens with zero attached hydrogens (tertiary/aromatic N) is 2. The van der Waals surface area contributed by atoms with Crippen molar-refractivity contribution in [3.8, 4) is 0 Å². The van der Waals surface area contributed by atoms with Crippen LogP contribution >= 0.6 is 11.8 Å². The molecular formula is C20H21N3O8S. The van der Waals surface area contributed by atoms with E-state index in [0.717, 1.165) is 0 Å².